The van der Waals surface area contributed by atoms with Crippen molar-refractivity contribution in [2.75, 3.05) is 0 Å². The van der Waals surface area contributed by atoms with Crippen molar-refractivity contribution in [3.8, 4) is 0 Å². The first kappa shape index (κ1) is 11.8. The van der Waals surface area contributed by atoms with Crippen molar-refractivity contribution in [3.05, 3.63) is 28.2 Å². The van der Waals surface area contributed by atoms with Gasteiger partial charge in [-0.1, -0.05) is 19.8 Å². The molecule has 0 radical (unpaired) electrons. The Bertz CT molecular complexity index is 481. The molecule has 1 N–H and O–H groups in total. The highest BCUT2D eigenvalue weighted by molar-refractivity contribution is 5.84. The maximum absolute atomic E-state index is 11.7. The van der Waals surface area contributed by atoms with Crippen LogP contribution in [0.4, 0.5) is 0 Å². The molecule has 1 saturated carbocycles. The van der Waals surface area contributed by atoms with Gasteiger partial charge < -0.3 is 5.11 Å². The van der Waals surface area contributed by atoms with Crippen LogP contribution in [0, 0.1) is 5.92 Å². The summed E-state index contributed by atoms with van der Waals surface area (Å²) in [4.78, 5) is 22.5. The summed E-state index contributed by atoms with van der Waals surface area (Å²) in [7, 11) is 0. The third kappa shape index (κ3) is 2.54. The van der Waals surface area contributed by atoms with Crippen LogP contribution >= 0.6 is 0 Å². The lowest BCUT2D eigenvalue weighted by atomic mass is 9.87. The van der Waals surface area contributed by atoms with Crippen LogP contribution in [0.25, 0.3) is 0 Å². The summed E-state index contributed by atoms with van der Waals surface area (Å²) in [6, 6.07) is 2.59. The van der Waals surface area contributed by atoms with Gasteiger partial charge in [0, 0.05) is 6.07 Å². The first-order valence-corrected chi connectivity index (χ1v) is 5.91. The maximum Gasteiger partial charge on any atom is 0.356 e. The molecule has 1 aliphatic rings. The predicted octanol–water partition coefficient (Wildman–Crippen LogP) is 1.69. The molecule has 0 saturated heterocycles. The van der Waals surface area contributed by atoms with Gasteiger partial charge >= 0.3 is 5.97 Å². The van der Waals surface area contributed by atoms with Crippen molar-refractivity contribution in [1.29, 1.82) is 0 Å². The standard InChI is InChI=1S/C12H16N2O3/c1-8-3-2-4-9(7-8)14-11(15)6-5-10(13-14)12(16)17/h5-6,8-9H,2-4,7H2,1H3,(H,16,17). The van der Waals surface area contributed by atoms with Crippen LogP contribution in [0.5, 0.6) is 0 Å². The van der Waals surface area contributed by atoms with E-state index in [1.807, 2.05) is 0 Å². The normalized spacial score (nSPS) is 24.5. The average Bonchev–Trinajstić information content (AvgIpc) is 2.29. The zero-order chi connectivity index (χ0) is 12.4. The molecule has 0 aliphatic heterocycles. The van der Waals surface area contributed by atoms with Gasteiger partial charge in [-0.25, -0.2) is 9.48 Å². The van der Waals surface area contributed by atoms with E-state index in [9.17, 15) is 9.59 Å². The first-order chi connectivity index (χ1) is 8.08. The monoisotopic (exact) mass is 236 g/mol. The smallest absolute Gasteiger partial charge is 0.356 e. The van der Waals surface area contributed by atoms with Crippen molar-refractivity contribution in [2.45, 2.75) is 38.6 Å². The van der Waals surface area contributed by atoms with Crippen LogP contribution in [-0.4, -0.2) is 20.9 Å². The van der Waals surface area contributed by atoms with Gasteiger partial charge in [0.2, 0.25) is 0 Å². The molecule has 1 heterocycles. The SMILES string of the molecule is CC1CCCC(n2nc(C(=O)O)ccc2=O)C1. The number of hydrogen-bond donors (Lipinski definition) is 1. The number of aromatic nitrogens is 2. The molecule has 17 heavy (non-hydrogen) atoms. The molecule has 5 heteroatoms. The molecular formula is C12H16N2O3. The van der Waals surface area contributed by atoms with E-state index in [0.29, 0.717) is 5.92 Å². The van der Waals surface area contributed by atoms with Crippen LogP contribution in [0.15, 0.2) is 16.9 Å². The zero-order valence-electron chi connectivity index (χ0n) is 9.80. The van der Waals surface area contributed by atoms with E-state index in [1.165, 1.54) is 23.2 Å². The fourth-order valence-corrected chi connectivity index (χ4v) is 2.43. The summed E-state index contributed by atoms with van der Waals surface area (Å²) in [5.74, 6) is -0.529. The van der Waals surface area contributed by atoms with E-state index in [-0.39, 0.29) is 17.3 Å². The van der Waals surface area contributed by atoms with E-state index >= 15 is 0 Å². The summed E-state index contributed by atoms with van der Waals surface area (Å²) in [5.41, 5.74) is -0.281. The first-order valence-electron chi connectivity index (χ1n) is 5.91. The Balaban J connectivity index is 2.33. The van der Waals surface area contributed by atoms with E-state index in [2.05, 4.69) is 12.0 Å². The summed E-state index contributed by atoms with van der Waals surface area (Å²) in [5, 5.41) is 12.8. The van der Waals surface area contributed by atoms with Crippen molar-refractivity contribution in [2.24, 2.45) is 5.92 Å². The molecule has 0 amide bonds. The second-order valence-corrected chi connectivity index (χ2v) is 4.73. The molecule has 0 bridgehead atoms. The lowest BCUT2D eigenvalue weighted by molar-refractivity contribution is 0.0686. The van der Waals surface area contributed by atoms with Gasteiger partial charge in [-0.05, 0) is 24.8 Å². The van der Waals surface area contributed by atoms with Crippen molar-refractivity contribution in [3.63, 3.8) is 0 Å². The van der Waals surface area contributed by atoms with Crippen molar-refractivity contribution in [1.82, 2.24) is 9.78 Å². The number of aromatic carboxylic acids is 1. The average molecular weight is 236 g/mol. The molecule has 92 valence electrons. The molecule has 1 aromatic rings. The Morgan fingerprint density at radius 2 is 2.24 bits per heavy atom. The Morgan fingerprint density at radius 1 is 1.47 bits per heavy atom. The maximum atomic E-state index is 11.7. The van der Waals surface area contributed by atoms with Crippen LogP contribution in [0.2, 0.25) is 0 Å². The van der Waals surface area contributed by atoms with E-state index in [1.54, 1.807) is 0 Å². The van der Waals surface area contributed by atoms with E-state index in [0.717, 1.165) is 19.3 Å². The predicted molar refractivity (Wildman–Crippen MR) is 62.1 cm³/mol. The minimum absolute atomic E-state index is 0.0468. The molecule has 2 unspecified atom stereocenters. The minimum atomic E-state index is -1.09. The fourth-order valence-electron chi connectivity index (χ4n) is 2.43. The third-order valence-electron chi connectivity index (χ3n) is 3.30. The Kier molecular flexibility index (Phi) is 3.26. The number of carboxylic acid groups (broad SMARTS) is 1. The molecular weight excluding hydrogens is 220 g/mol. The van der Waals surface area contributed by atoms with Crippen molar-refractivity contribution < 1.29 is 9.90 Å². The van der Waals surface area contributed by atoms with E-state index in [4.69, 9.17) is 5.11 Å². The number of hydrogen-bond acceptors (Lipinski definition) is 3. The van der Waals surface area contributed by atoms with Gasteiger partial charge in [0.25, 0.3) is 5.56 Å². The highest BCUT2D eigenvalue weighted by Gasteiger charge is 2.22. The van der Waals surface area contributed by atoms with Crippen LogP contribution in [0.1, 0.15) is 49.1 Å². The van der Waals surface area contributed by atoms with Crippen molar-refractivity contribution >= 4 is 5.97 Å². The van der Waals surface area contributed by atoms with Gasteiger partial charge in [0.15, 0.2) is 5.69 Å². The van der Waals surface area contributed by atoms with Crippen LogP contribution < -0.4 is 5.56 Å². The number of carbonyl (C=O) groups is 1. The zero-order valence-corrected chi connectivity index (χ0v) is 9.80. The molecule has 2 rings (SSSR count). The second-order valence-electron chi connectivity index (χ2n) is 4.73. The quantitative estimate of drug-likeness (QED) is 0.848. The summed E-state index contributed by atoms with van der Waals surface area (Å²) >= 11 is 0. The third-order valence-corrected chi connectivity index (χ3v) is 3.30. The highest BCUT2D eigenvalue weighted by atomic mass is 16.4. The largest absolute Gasteiger partial charge is 0.476 e. The van der Waals surface area contributed by atoms with Gasteiger partial charge in [-0.3, -0.25) is 4.79 Å². The van der Waals surface area contributed by atoms with Gasteiger partial charge in [0.05, 0.1) is 6.04 Å². The summed E-state index contributed by atoms with van der Waals surface area (Å²) in [6.07, 6.45) is 4.04. The fraction of sp³-hybridized carbons (Fsp3) is 0.583. The highest BCUT2D eigenvalue weighted by Crippen LogP contribution is 2.30. The summed E-state index contributed by atoms with van der Waals surface area (Å²) < 4.78 is 1.35. The molecule has 1 aliphatic carbocycles. The van der Waals surface area contributed by atoms with Gasteiger partial charge in [-0.2, -0.15) is 5.10 Å². The second kappa shape index (κ2) is 4.69. The molecule has 1 fully saturated rings. The molecule has 2 atom stereocenters. The molecule has 5 nitrogen and oxygen atoms in total. The Labute approximate surface area is 99.1 Å². The minimum Gasteiger partial charge on any atom is -0.476 e. The number of nitrogens with zero attached hydrogens (tertiary/aromatic N) is 2. The lowest BCUT2D eigenvalue weighted by Crippen LogP contribution is -2.31. The van der Waals surface area contributed by atoms with Gasteiger partial charge in [-0.15, -0.1) is 0 Å². The Hall–Kier alpha value is -1.65. The van der Waals surface area contributed by atoms with Crippen LogP contribution in [0.3, 0.4) is 0 Å². The molecule has 0 aromatic carbocycles. The number of rotatable bonds is 2. The Morgan fingerprint density at radius 3 is 2.88 bits per heavy atom. The lowest BCUT2D eigenvalue weighted by Gasteiger charge is -2.27. The van der Waals surface area contributed by atoms with Crippen LogP contribution in [-0.2, 0) is 0 Å². The molecule has 0 spiro atoms. The van der Waals surface area contributed by atoms with E-state index < -0.39 is 5.97 Å². The summed E-state index contributed by atoms with van der Waals surface area (Å²) in [6.45, 7) is 2.15. The number of carboxylic acids is 1. The molecule has 1 aromatic heterocycles. The van der Waals surface area contributed by atoms with Gasteiger partial charge in [0.1, 0.15) is 0 Å². The topological polar surface area (TPSA) is 72.2 Å².